The predicted molar refractivity (Wildman–Crippen MR) is 82.7 cm³/mol. The van der Waals surface area contributed by atoms with E-state index in [-0.39, 0.29) is 6.79 Å². The van der Waals surface area contributed by atoms with Crippen molar-refractivity contribution in [1.82, 2.24) is 14.8 Å². The highest BCUT2D eigenvalue weighted by Crippen LogP contribution is 2.38. The third-order valence-electron chi connectivity index (χ3n) is 3.64. The van der Waals surface area contributed by atoms with E-state index in [9.17, 15) is 0 Å². The molecule has 0 saturated heterocycles. The highest BCUT2D eigenvalue weighted by atomic mass is 16.7. The molecule has 3 aromatic rings. The number of benzene rings is 1. The molecule has 5 heteroatoms. The molecule has 1 aliphatic heterocycles. The summed E-state index contributed by atoms with van der Waals surface area (Å²) in [6.45, 7) is 2.25. The molecule has 0 amide bonds. The number of aromatic nitrogens is 3. The number of hydrogen-bond donors (Lipinski definition) is 0. The SMILES string of the molecule is Cc1cccc(-c2nn(C)cc2-c2ccc3c(c2)OCO3)n1. The van der Waals surface area contributed by atoms with Crippen LogP contribution in [-0.4, -0.2) is 21.6 Å². The Hall–Kier alpha value is -2.82. The first-order valence-electron chi connectivity index (χ1n) is 7.08. The van der Waals surface area contributed by atoms with E-state index in [1.165, 1.54) is 0 Å². The summed E-state index contributed by atoms with van der Waals surface area (Å²) in [5, 5.41) is 4.57. The number of fused-ring (bicyclic) bond motifs is 1. The van der Waals surface area contributed by atoms with Crippen molar-refractivity contribution in [2.45, 2.75) is 6.92 Å². The standard InChI is InChI=1S/C17H15N3O2/c1-11-4-3-5-14(18-11)17-13(9-20(2)19-17)12-6-7-15-16(8-12)22-10-21-15/h3-9H,10H2,1-2H3. The molecule has 22 heavy (non-hydrogen) atoms. The number of nitrogens with zero attached hydrogens (tertiary/aromatic N) is 3. The zero-order chi connectivity index (χ0) is 15.1. The van der Waals surface area contributed by atoms with E-state index in [0.717, 1.165) is 39.7 Å². The number of hydrogen-bond acceptors (Lipinski definition) is 4. The van der Waals surface area contributed by atoms with Crippen molar-refractivity contribution >= 4 is 0 Å². The smallest absolute Gasteiger partial charge is 0.231 e. The quantitative estimate of drug-likeness (QED) is 0.728. The maximum atomic E-state index is 5.47. The maximum Gasteiger partial charge on any atom is 0.231 e. The second-order valence-electron chi connectivity index (χ2n) is 5.30. The van der Waals surface area contributed by atoms with Crippen molar-refractivity contribution in [2.75, 3.05) is 6.79 Å². The second kappa shape index (κ2) is 4.87. The summed E-state index contributed by atoms with van der Waals surface area (Å²) < 4.78 is 12.6. The molecule has 2 aromatic heterocycles. The van der Waals surface area contributed by atoms with Crippen molar-refractivity contribution in [2.24, 2.45) is 7.05 Å². The molecule has 0 N–H and O–H groups in total. The molecular formula is C17H15N3O2. The van der Waals surface area contributed by atoms with Gasteiger partial charge >= 0.3 is 0 Å². The Morgan fingerprint density at radius 3 is 2.82 bits per heavy atom. The lowest BCUT2D eigenvalue weighted by atomic mass is 10.0. The van der Waals surface area contributed by atoms with Crippen LogP contribution in [0.1, 0.15) is 5.69 Å². The fraction of sp³-hybridized carbons (Fsp3) is 0.176. The number of pyridine rings is 1. The topological polar surface area (TPSA) is 49.2 Å². The Bertz CT molecular complexity index is 855. The Morgan fingerprint density at radius 1 is 1.09 bits per heavy atom. The van der Waals surface area contributed by atoms with Crippen LogP contribution in [0.15, 0.2) is 42.6 Å². The van der Waals surface area contributed by atoms with Gasteiger partial charge in [-0.05, 0) is 36.8 Å². The van der Waals surface area contributed by atoms with Crippen molar-refractivity contribution in [1.29, 1.82) is 0 Å². The summed E-state index contributed by atoms with van der Waals surface area (Å²) >= 11 is 0. The van der Waals surface area contributed by atoms with Gasteiger partial charge in [0.1, 0.15) is 5.69 Å². The first-order valence-corrected chi connectivity index (χ1v) is 7.08. The molecule has 0 fully saturated rings. The van der Waals surface area contributed by atoms with Gasteiger partial charge in [0.2, 0.25) is 6.79 Å². The molecular weight excluding hydrogens is 278 g/mol. The highest BCUT2D eigenvalue weighted by molar-refractivity contribution is 5.80. The fourth-order valence-corrected chi connectivity index (χ4v) is 2.63. The average Bonchev–Trinajstić information content (AvgIpc) is 3.12. The number of aryl methyl sites for hydroxylation is 2. The predicted octanol–water partition coefficient (Wildman–Crippen LogP) is 3.19. The van der Waals surface area contributed by atoms with Crippen LogP contribution in [0.25, 0.3) is 22.5 Å². The largest absolute Gasteiger partial charge is 0.454 e. The molecule has 0 spiro atoms. The number of rotatable bonds is 2. The Morgan fingerprint density at radius 2 is 1.95 bits per heavy atom. The van der Waals surface area contributed by atoms with Crippen molar-refractivity contribution in [3.05, 3.63) is 48.3 Å². The monoisotopic (exact) mass is 293 g/mol. The van der Waals surface area contributed by atoms with Crippen LogP contribution in [0.2, 0.25) is 0 Å². The lowest BCUT2D eigenvalue weighted by Gasteiger charge is -2.04. The van der Waals surface area contributed by atoms with Crippen LogP contribution >= 0.6 is 0 Å². The van der Waals surface area contributed by atoms with E-state index >= 15 is 0 Å². The lowest BCUT2D eigenvalue weighted by molar-refractivity contribution is 0.174. The summed E-state index contributed by atoms with van der Waals surface area (Å²) in [4.78, 5) is 4.58. The minimum absolute atomic E-state index is 0.276. The minimum Gasteiger partial charge on any atom is -0.454 e. The number of ether oxygens (including phenoxy) is 2. The van der Waals surface area contributed by atoms with E-state index in [1.54, 1.807) is 4.68 Å². The molecule has 110 valence electrons. The van der Waals surface area contributed by atoms with E-state index in [0.29, 0.717) is 0 Å². The molecule has 1 aliphatic rings. The highest BCUT2D eigenvalue weighted by Gasteiger charge is 2.18. The average molecular weight is 293 g/mol. The van der Waals surface area contributed by atoms with Gasteiger partial charge in [0.05, 0.1) is 5.69 Å². The molecule has 0 radical (unpaired) electrons. The molecule has 1 aromatic carbocycles. The van der Waals surface area contributed by atoms with Crippen molar-refractivity contribution < 1.29 is 9.47 Å². The van der Waals surface area contributed by atoms with E-state index < -0.39 is 0 Å². The van der Waals surface area contributed by atoms with Gasteiger partial charge < -0.3 is 9.47 Å². The summed E-state index contributed by atoms with van der Waals surface area (Å²) in [6, 6.07) is 11.9. The fourth-order valence-electron chi connectivity index (χ4n) is 2.63. The zero-order valence-electron chi connectivity index (χ0n) is 12.4. The van der Waals surface area contributed by atoms with Gasteiger partial charge in [-0.2, -0.15) is 5.10 Å². The molecule has 0 aliphatic carbocycles. The first-order chi connectivity index (χ1) is 10.7. The van der Waals surface area contributed by atoms with E-state index in [1.807, 2.05) is 56.6 Å². The summed E-state index contributed by atoms with van der Waals surface area (Å²) in [5.41, 5.74) is 4.77. The van der Waals surface area contributed by atoms with Gasteiger partial charge in [-0.25, -0.2) is 0 Å². The van der Waals surface area contributed by atoms with Crippen LogP contribution in [0, 0.1) is 6.92 Å². The zero-order valence-corrected chi connectivity index (χ0v) is 12.4. The molecule has 0 unspecified atom stereocenters. The normalized spacial score (nSPS) is 12.6. The van der Waals surface area contributed by atoms with Crippen LogP contribution in [0.5, 0.6) is 11.5 Å². The van der Waals surface area contributed by atoms with Crippen LogP contribution in [0.4, 0.5) is 0 Å². The van der Waals surface area contributed by atoms with Gasteiger partial charge in [0.15, 0.2) is 11.5 Å². The molecule has 3 heterocycles. The summed E-state index contributed by atoms with van der Waals surface area (Å²) in [7, 11) is 1.91. The van der Waals surface area contributed by atoms with Crippen LogP contribution in [-0.2, 0) is 7.05 Å². The van der Waals surface area contributed by atoms with E-state index in [4.69, 9.17) is 9.47 Å². The Labute approximate surface area is 128 Å². The van der Waals surface area contributed by atoms with Crippen LogP contribution < -0.4 is 9.47 Å². The van der Waals surface area contributed by atoms with Crippen LogP contribution in [0.3, 0.4) is 0 Å². The molecule has 0 saturated carbocycles. The second-order valence-corrected chi connectivity index (χ2v) is 5.30. The molecule has 0 atom stereocenters. The van der Waals surface area contributed by atoms with Gasteiger partial charge in [-0.3, -0.25) is 9.67 Å². The first kappa shape index (κ1) is 12.9. The summed E-state index contributed by atoms with van der Waals surface area (Å²) in [5.74, 6) is 1.55. The Kier molecular flexibility index (Phi) is 2.85. The third kappa shape index (κ3) is 2.11. The van der Waals surface area contributed by atoms with Gasteiger partial charge in [-0.15, -0.1) is 0 Å². The van der Waals surface area contributed by atoms with E-state index in [2.05, 4.69) is 10.1 Å². The van der Waals surface area contributed by atoms with Gasteiger partial charge in [0.25, 0.3) is 0 Å². The molecule has 0 bridgehead atoms. The molecule has 4 rings (SSSR count). The van der Waals surface area contributed by atoms with Crippen molar-refractivity contribution in [3.8, 4) is 34.0 Å². The Balaban J connectivity index is 1.86. The lowest BCUT2D eigenvalue weighted by Crippen LogP contribution is -1.92. The minimum atomic E-state index is 0.276. The van der Waals surface area contributed by atoms with Crippen molar-refractivity contribution in [3.63, 3.8) is 0 Å². The van der Waals surface area contributed by atoms with Gasteiger partial charge in [-0.1, -0.05) is 12.1 Å². The third-order valence-corrected chi connectivity index (χ3v) is 3.64. The molecule has 5 nitrogen and oxygen atoms in total. The maximum absolute atomic E-state index is 5.47. The summed E-state index contributed by atoms with van der Waals surface area (Å²) in [6.07, 6.45) is 2.00. The van der Waals surface area contributed by atoms with Gasteiger partial charge in [0, 0.05) is 24.5 Å².